The van der Waals surface area contributed by atoms with Crippen LogP contribution in [-0.4, -0.2) is 21.2 Å². The number of rotatable bonds is 6. The first-order chi connectivity index (χ1) is 15.4. The summed E-state index contributed by atoms with van der Waals surface area (Å²) in [6.07, 6.45) is 0. The summed E-state index contributed by atoms with van der Waals surface area (Å²) in [7, 11) is 0. The molecule has 0 radical (unpaired) electrons. The lowest BCUT2D eigenvalue weighted by atomic mass is 10.1. The molecule has 0 saturated heterocycles. The van der Waals surface area contributed by atoms with Crippen molar-refractivity contribution < 1.29 is 9.18 Å². The molecule has 0 unspecified atom stereocenters. The van der Waals surface area contributed by atoms with Crippen molar-refractivity contribution in [3.63, 3.8) is 0 Å². The van der Waals surface area contributed by atoms with Crippen molar-refractivity contribution in [3.05, 3.63) is 74.6 Å². The SMILES string of the molecule is CCn1c(SCC(=O)Nc2ccc(Cl)cc2F)nc2c(-c3ccc(C)cc3)csc2c1=O. The fraction of sp³-hybridized carbons (Fsp3) is 0.174. The molecular formula is C23H19ClFN3O2S2. The van der Waals surface area contributed by atoms with Crippen molar-refractivity contribution in [3.8, 4) is 11.1 Å². The third-order valence-corrected chi connectivity index (χ3v) is 7.03. The number of thioether (sulfide) groups is 1. The first kappa shape index (κ1) is 22.5. The summed E-state index contributed by atoms with van der Waals surface area (Å²) < 4.78 is 16.1. The zero-order valence-corrected chi connectivity index (χ0v) is 19.7. The van der Waals surface area contributed by atoms with E-state index in [1.165, 1.54) is 23.5 Å². The summed E-state index contributed by atoms with van der Waals surface area (Å²) in [5.41, 5.74) is 3.56. The number of nitrogens with zero attached hydrogens (tertiary/aromatic N) is 2. The van der Waals surface area contributed by atoms with Gasteiger partial charge in [-0.3, -0.25) is 14.2 Å². The van der Waals surface area contributed by atoms with Gasteiger partial charge < -0.3 is 5.32 Å². The van der Waals surface area contributed by atoms with Crippen molar-refractivity contribution in [1.29, 1.82) is 0 Å². The van der Waals surface area contributed by atoms with E-state index >= 15 is 0 Å². The first-order valence-electron chi connectivity index (χ1n) is 9.84. The summed E-state index contributed by atoms with van der Waals surface area (Å²) >= 11 is 8.26. The molecule has 1 N–H and O–H groups in total. The van der Waals surface area contributed by atoms with Crippen LogP contribution >= 0.6 is 34.7 Å². The molecule has 0 aliphatic heterocycles. The molecule has 0 fully saturated rings. The number of amides is 1. The molecule has 0 bridgehead atoms. The lowest BCUT2D eigenvalue weighted by Gasteiger charge is -2.11. The van der Waals surface area contributed by atoms with Gasteiger partial charge in [0.2, 0.25) is 5.91 Å². The number of nitrogens with one attached hydrogen (secondary N) is 1. The molecule has 4 rings (SSSR count). The van der Waals surface area contributed by atoms with Gasteiger partial charge in [0, 0.05) is 22.5 Å². The Hall–Kier alpha value is -2.68. The van der Waals surface area contributed by atoms with Crippen LogP contribution in [0.3, 0.4) is 0 Å². The second-order valence-corrected chi connectivity index (χ2v) is 9.36. The number of carbonyl (C=O) groups is 1. The highest BCUT2D eigenvalue weighted by atomic mass is 35.5. The smallest absolute Gasteiger partial charge is 0.272 e. The molecule has 5 nitrogen and oxygen atoms in total. The summed E-state index contributed by atoms with van der Waals surface area (Å²) in [5.74, 6) is -1.04. The number of halogens is 2. The summed E-state index contributed by atoms with van der Waals surface area (Å²) in [6.45, 7) is 4.30. The number of hydrogen-bond acceptors (Lipinski definition) is 5. The van der Waals surface area contributed by atoms with Gasteiger partial charge in [0.1, 0.15) is 10.5 Å². The van der Waals surface area contributed by atoms with Crippen molar-refractivity contribution >= 4 is 56.5 Å². The van der Waals surface area contributed by atoms with Crippen LogP contribution in [0.15, 0.2) is 57.8 Å². The minimum Gasteiger partial charge on any atom is -0.323 e. The minimum atomic E-state index is -0.609. The second-order valence-electron chi connectivity index (χ2n) is 7.10. The van der Waals surface area contributed by atoms with E-state index in [9.17, 15) is 14.0 Å². The molecule has 2 aromatic carbocycles. The summed E-state index contributed by atoms with van der Waals surface area (Å²) in [6, 6.07) is 12.1. The van der Waals surface area contributed by atoms with Crippen LogP contribution in [0.25, 0.3) is 21.3 Å². The quantitative estimate of drug-likeness (QED) is 0.268. The van der Waals surface area contributed by atoms with Gasteiger partial charge in [-0.25, -0.2) is 9.37 Å². The molecule has 0 saturated carbocycles. The van der Waals surface area contributed by atoms with E-state index in [0.717, 1.165) is 34.5 Å². The van der Waals surface area contributed by atoms with Crippen molar-refractivity contribution in [1.82, 2.24) is 9.55 Å². The maximum absolute atomic E-state index is 14.0. The van der Waals surface area contributed by atoms with Gasteiger partial charge >= 0.3 is 0 Å². The molecule has 0 aliphatic carbocycles. The largest absolute Gasteiger partial charge is 0.323 e. The van der Waals surface area contributed by atoms with E-state index in [1.54, 1.807) is 4.57 Å². The standard InChI is InChI=1S/C23H19ClFN3O2S2/c1-3-28-22(30)21-20(16(11-31-21)14-6-4-13(2)5-7-14)27-23(28)32-12-19(29)26-18-9-8-15(24)10-17(18)25/h4-11H,3,12H2,1-2H3,(H,26,29). The zero-order valence-electron chi connectivity index (χ0n) is 17.3. The number of aromatic nitrogens is 2. The molecule has 0 aliphatic rings. The number of carbonyl (C=O) groups excluding carboxylic acids is 1. The average Bonchev–Trinajstić information content (AvgIpc) is 3.19. The highest BCUT2D eigenvalue weighted by Gasteiger charge is 2.17. The molecule has 2 heterocycles. The highest BCUT2D eigenvalue weighted by Crippen LogP contribution is 2.32. The van der Waals surface area contributed by atoms with Crippen molar-refractivity contribution in [2.24, 2.45) is 0 Å². The Morgan fingerprint density at radius 2 is 2.00 bits per heavy atom. The molecule has 2 aromatic heterocycles. The van der Waals surface area contributed by atoms with Crippen molar-refractivity contribution in [2.75, 3.05) is 11.1 Å². The number of thiophene rings is 1. The molecule has 0 atom stereocenters. The van der Waals surface area contributed by atoms with Gasteiger partial charge in [0.15, 0.2) is 5.16 Å². The average molecular weight is 488 g/mol. The van der Waals surface area contributed by atoms with Crippen LogP contribution in [0.1, 0.15) is 12.5 Å². The topological polar surface area (TPSA) is 64.0 Å². The normalized spacial score (nSPS) is 11.1. The maximum atomic E-state index is 14.0. The monoisotopic (exact) mass is 487 g/mol. The van der Waals surface area contributed by atoms with E-state index < -0.39 is 11.7 Å². The molecule has 1 amide bonds. The summed E-state index contributed by atoms with van der Waals surface area (Å²) in [4.78, 5) is 30.2. The van der Waals surface area contributed by atoms with E-state index in [2.05, 4.69) is 5.32 Å². The molecule has 9 heteroatoms. The van der Waals surface area contributed by atoms with Crippen molar-refractivity contribution in [2.45, 2.75) is 25.5 Å². The predicted octanol–water partition coefficient (Wildman–Crippen LogP) is 5.98. The van der Waals surface area contributed by atoms with Crippen LogP contribution in [0.2, 0.25) is 5.02 Å². The number of hydrogen-bond donors (Lipinski definition) is 1. The number of anilines is 1. The Bertz CT molecular complexity index is 1370. The van der Waals surface area contributed by atoms with E-state index in [4.69, 9.17) is 16.6 Å². The fourth-order valence-corrected chi connectivity index (χ4v) is 5.19. The zero-order chi connectivity index (χ0) is 22.8. The number of fused-ring (bicyclic) bond motifs is 1. The fourth-order valence-electron chi connectivity index (χ4n) is 3.21. The third kappa shape index (κ3) is 4.57. The van der Waals surface area contributed by atoms with E-state index in [0.29, 0.717) is 21.9 Å². The van der Waals surface area contributed by atoms with Crippen LogP contribution in [-0.2, 0) is 11.3 Å². The molecular weight excluding hydrogens is 469 g/mol. The Morgan fingerprint density at radius 3 is 2.69 bits per heavy atom. The Labute approximate surface area is 197 Å². The highest BCUT2D eigenvalue weighted by molar-refractivity contribution is 7.99. The molecule has 164 valence electrons. The lowest BCUT2D eigenvalue weighted by Crippen LogP contribution is -2.23. The lowest BCUT2D eigenvalue weighted by molar-refractivity contribution is -0.113. The van der Waals surface area contributed by atoms with Crippen LogP contribution in [0.4, 0.5) is 10.1 Å². The Balaban J connectivity index is 1.62. The molecule has 4 aromatic rings. The second kappa shape index (κ2) is 9.44. The van der Waals surface area contributed by atoms with E-state index in [1.807, 2.05) is 43.5 Å². The van der Waals surface area contributed by atoms with Gasteiger partial charge in [0.05, 0.1) is 17.0 Å². The Kier molecular flexibility index (Phi) is 6.64. The molecule has 0 spiro atoms. The predicted molar refractivity (Wildman–Crippen MR) is 130 cm³/mol. The summed E-state index contributed by atoms with van der Waals surface area (Å²) in [5, 5.41) is 5.16. The van der Waals surface area contributed by atoms with Gasteiger partial charge in [-0.15, -0.1) is 11.3 Å². The maximum Gasteiger partial charge on any atom is 0.272 e. The number of aryl methyl sites for hydroxylation is 1. The van der Waals surface area contributed by atoms with Crippen LogP contribution in [0.5, 0.6) is 0 Å². The van der Waals surface area contributed by atoms with Crippen LogP contribution < -0.4 is 10.9 Å². The van der Waals surface area contributed by atoms with Gasteiger partial charge in [0.25, 0.3) is 5.56 Å². The van der Waals surface area contributed by atoms with Gasteiger partial charge in [-0.2, -0.15) is 0 Å². The van der Waals surface area contributed by atoms with Gasteiger partial charge in [-0.05, 0) is 37.6 Å². The van der Waals surface area contributed by atoms with E-state index in [-0.39, 0.29) is 22.0 Å². The molecule has 32 heavy (non-hydrogen) atoms. The minimum absolute atomic E-state index is 0.0238. The Morgan fingerprint density at radius 1 is 1.25 bits per heavy atom. The number of benzene rings is 2. The first-order valence-corrected chi connectivity index (χ1v) is 12.1. The van der Waals surface area contributed by atoms with Gasteiger partial charge in [-0.1, -0.05) is 53.2 Å². The van der Waals surface area contributed by atoms with Crippen LogP contribution in [0, 0.1) is 12.7 Å². The third-order valence-electron chi connectivity index (χ3n) is 4.86.